The fourth-order valence-electron chi connectivity index (χ4n) is 1.65. The summed E-state index contributed by atoms with van der Waals surface area (Å²) >= 11 is 3.50. The highest BCUT2D eigenvalue weighted by molar-refractivity contribution is 9.10. The molecule has 2 aromatic rings. The van der Waals surface area contributed by atoms with Gasteiger partial charge < -0.3 is 0 Å². The maximum Gasteiger partial charge on any atom is 0.114 e. The number of benzene rings is 1. The lowest BCUT2D eigenvalue weighted by molar-refractivity contribution is 0.630. The Morgan fingerprint density at radius 3 is 2.93 bits per heavy atom. The van der Waals surface area contributed by atoms with Crippen LogP contribution in [0.15, 0.2) is 16.6 Å². The van der Waals surface area contributed by atoms with E-state index in [0.717, 1.165) is 15.5 Å². The van der Waals surface area contributed by atoms with E-state index in [-0.39, 0.29) is 0 Å². The first-order valence-electron chi connectivity index (χ1n) is 4.77. The van der Waals surface area contributed by atoms with E-state index in [9.17, 15) is 0 Å². The lowest BCUT2D eigenvalue weighted by Crippen LogP contribution is -1.95. The highest BCUT2D eigenvalue weighted by Gasteiger charge is 2.26. The van der Waals surface area contributed by atoms with E-state index in [2.05, 4.69) is 43.9 Å². The first-order chi connectivity index (χ1) is 6.75. The second kappa shape index (κ2) is 2.79. The molecule has 0 aliphatic heterocycles. The second-order valence-electron chi connectivity index (χ2n) is 3.86. The van der Waals surface area contributed by atoms with Crippen molar-refractivity contribution in [2.45, 2.75) is 25.8 Å². The summed E-state index contributed by atoms with van der Waals surface area (Å²) in [5.41, 5.74) is 3.38. The van der Waals surface area contributed by atoms with Gasteiger partial charge >= 0.3 is 0 Å². The largest absolute Gasteiger partial charge is 0.242 e. The first kappa shape index (κ1) is 8.41. The average molecular weight is 252 g/mol. The molecule has 1 aliphatic carbocycles. The first-order valence-corrected chi connectivity index (χ1v) is 5.56. The van der Waals surface area contributed by atoms with Crippen LogP contribution < -0.4 is 0 Å². The second-order valence-corrected chi connectivity index (χ2v) is 4.71. The van der Waals surface area contributed by atoms with E-state index in [1.807, 2.05) is 6.07 Å². The molecule has 14 heavy (non-hydrogen) atoms. The molecule has 4 heteroatoms. The zero-order valence-corrected chi connectivity index (χ0v) is 9.45. The topological polar surface area (TPSA) is 30.7 Å². The van der Waals surface area contributed by atoms with Crippen LogP contribution in [-0.2, 0) is 0 Å². The molecule has 1 aliphatic rings. The van der Waals surface area contributed by atoms with E-state index < -0.39 is 0 Å². The van der Waals surface area contributed by atoms with Gasteiger partial charge in [-0.25, -0.2) is 4.68 Å². The third-order valence-electron chi connectivity index (χ3n) is 2.64. The molecule has 1 aromatic heterocycles. The van der Waals surface area contributed by atoms with Gasteiger partial charge in [-0.05, 0) is 37.5 Å². The molecule has 1 heterocycles. The highest BCUT2D eigenvalue weighted by atomic mass is 79.9. The number of fused-ring (bicyclic) bond motifs is 1. The number of rotatable bonds is 1. The van der Waals surface area contributed by atoms with E-state index in [4.69, 9.17) is 0 Å². The molecule has 0 radical (unpaired) electrons. The third kappa shape index (κ3) is 1.17. The smallest absolute Gasteiger partial charge is 0.114 e. The third-order valence-corrected chi connectivity index (χ3v) is 3.50. The molecule has 3 rings (SSSR count). The standard InChI is InChI=1S/C10H10BrN3/c1-6-4-10-9(5-8(6)11)12-13-14(10)7-2-3-7/h4-5,7H,2-3H2,1H3. The summed E-state index contributed by atoms with van der Waals surface area (Å²) in [6, 6.07) is 4.79. The van der Waals surface area contributed by atoms with Crippen LogP contribution >= 0.6 is 15.9 Å². The van der Waals surface area contributed by atoms with Gasteiger partial charge in [-0.3, -0.25) is 0 Å². The summed E-state index contributed by atoms with van der Waals surface area (Å²) in [7, 11) is 0. The summed E-state index contributed by atoms with van der Waals surface area (Å²) in [6.07, 6.45) is 2.49. The minimum Gasteiger partial charge on any atom is -0.242 e. The predicted molar refractivity (Wildman–Crippen MR) is 58.2 cm³/mol. The molecule has 0 spiro atoms. The van der Waals surface area contributed by atoms with Crippen LogP contribution in [0.5, 0.6) is 0 Å². The Balaban J connectivity index is 2.29. The quantitative estimate of drug-likeness (QED) is 0.781. The number of aromatic nitrogens is 3. The SMILES string of the molecule is Cc1cc2c(cc1Br)nnn2C1CC1. The maximum absolute atomic E-state index is 4.19. The predicted octanol–water partition coefficient (Wildman–Crippen LogP) is 2.84. The summed E-state index contributed by atoms with van der Waals surface area (Å²) < 4.78 is 3.15. The molecule has 1 saturated carbocycles. The summed E-state index contributed by atoms with van der Waals surface area (Å²) in [6.45, 7) is 2.09. The average Bonchev–Trinajstić information content (AvgIpc) is 2.91. The molecular formula is C10H10BrN3. The zero-order valence-electron chi connectivity index (χ0n) is 7.87. The number of halogens is 1. The van der Waals surface area contributed by atoms with Crippen LogP contribution in [0.25, 0.3) is 11.0 Å². The van der Waals surface area contributed by atoms with Crippen LogP contribution in [0.4, 0.5) is 0 Å². The van der Waals surface area contributed by atoms with Crippen molar-refractivity contribution in [1.29, 1.82) is 0 Å². The fraction of sp³-hybridized carbons (Fsp3) is 0.400. The van der Waals surface area contributed by atoms with Gasteiger partial charge in [-0.15, -0.1) is 5.10 Å². The van der Waals surface area contributed by atoms with Crippen LogP contribution in [0.3, 0.4) is 0 Å². The minimum absolute atomic E-state index is 0.598. The summed E-state index contributed by atoms with van der Waals surface area (Å²) in [4.78, 5) is 0. The van der Waals surface area contributed by atoms with Crippen molar-refractivity contribution in [3.8, 4) is 0 Å². The highest BCUT2D eigenvalue weighted by Crippen LogP contribution is 2.36. The lowest BCUT2D eigenvalue weighted by Gasteiger charge is -2.00. The van der Waals surface area contributed by atoms with E-state index in [1.165, 1.54) is 18.4 Å². The van der Waals surface area contributed by atoms with Gasteiger partial charge in [0, 0.05) is 4.47 Å². The van der Waals surface area contributed by atoms with Gasteiger partial charge in [0.1, 0.15) is 5.52 Å². The molecule has 3 nitrogen and oxygen atoms in total. The monoisotopic (exact) mass is 251 g/mol. The normalized spacial score (nSPS) is 16.4. The molecule has 1 aromatic carbocycles. The summed E-state index contributed by atoms with van der Waals surface area (Å²) in [5, 5.41) is 8.35. The van der Waals surface area contributed by atoms with Gasteiger partial charge in [-0.2, -0.15) is 0 Å². The Hall–Kier alpha value is -0.900. The molecule has 72 valence electrons. The molecular weight excluding hydrogens is 242 g/mol. The van der Waals surface area contributed by atoms with Gasteiger partial charge in [0.15, 0.2) is 0 Å². The van der Waals surface area contributed by atoms with Crippen molar-refractivity contribution in [3.05, 3.63) is 22.2 Å². The van der Waals surface area contributed by atoms with E-state index >= 15 is 0 Å². The molecule has 1 fully saturated rings. The molecule has 0 amide bonds. The summed E-state index contributed by atoms with van der Waals surface area (Å²) in [5.74, 6) is 0. The van der Waals surface area contributed by atoms with Crippen molar-refractivity contribution >= 4 is 27.0 Å². The van der Waals surface area contributed by atoms with Crippen molar-refractivity contribution in [3.63, 3.8) is 0 Å². The Morgan fingerprint density at radius 1 is 1.43 bits per heavy atom. The van der Waals surface area contributed by atoms with Crippen molar-refractivity contribution in [2.24, 2.45) is 0 Å². The number of aryl methyl sites for hydroxylation is 1. The van der Waals surface area contributed by atoms with E-state index in [0.29, 0.717) is 6.04 Å². The van der Waals surface area contributed by atoms with Crippen molar-refractivity contribution in [2.75, 3.05) is 0 Å². The Kier molecular flexibility index (Phi) is 1.68. The Bertz CT molecular complexity index is 499. The van der Waals surface area contributed by atoms with Gasteiger partial charge in [0.2, 0.25) is 0 Å². The van der Waals surface area contributed by atoms with E-state index in [1.54, 1.807) is 0 Å². The van der Waals surface area contributed by atoms with Crippen molar-refractivity contribution < 1.29 is 0 Å². The van der Waals surface area contributed by atoms with Crippen LogP contribution in [0, 0.1) is 6.92 Å². The fourth-order valence-corrected chi connectivity index (χ4v) is 1.98. The lowest BCUT2D eigenvalue weighted by atomic mass is 10.2. The van der Waals surface area contributed by atoms with Gasteiger partial charge in [0.05, 0.1) is 11.6 Å². The molecule has 0 saturated heterocycles. The van der Waals surface area contributed by atoms with Crippen LogP contribution in [0.1, 0.15) is 24.4 Å². The molecule has 0 atom stereocenters. The van der Waals surface area contributed by atoms with Crippen LogP contribution in [-0.4, -0.2) is 15.0 Å². The number of hydrogen-bond donors (Lipinski definition) is 0. The number of nitrogens with zero attached hydrogens (tertiary/aromatic N) is 3. The van der Waals surface area contributed by atoms with Gasteiger partial charge in [-0.1, -0.05) is 21.1 Å². The molecule has 0 N–H and O–H groups in total. The van der Waals surface area contributed by atoms with Gasteiger partial charge in [0.25, 0.3) is 0 Å². The molecule has 0 unspecified atom stereocenters. The van der Waals surface area contributed by atoms with Crippen molar-refractivity contribution in [1.82, 2.24) is 15.0 Å². The Labute approximate surface area is 90.2 Å². The molecule has 0 bridgehead atoms. The van der Waals surface area contributed by atoms with Crippen LogP contribution in [0.2, 0.25) is 0 Å². The number of hydrogen-bond acceptors (Lipinski definition) is 2. The minimum atomic E-state index is 0.598. The maximum atomic E-state index is 4.19. The Morgan fingerprint density at radius 2 is 2.21 bits per heavy atom. The zero-order chi connectivity index (χ0) is 9.71.